The minimum Gasteiger partial charge on any atom is -0.296 e. The van der Waals surface area contributed by atoms with E-state index in [1.54, 1.807) is 0 Å². The minimum absolute atomic E-state index is 0.153. The number of aryl methyl sites for hydroxylation is 3. The monoisotopic (exact) mass is 399 g/mol. The van der Waals surface area contributed by atoms with Gasteiger partial charge in [0.1, 0.15) is 5.01 Å². The van der Waals surface area contributed by atoms with Crippen LogP contribution >= 0.6 is 11.3 Å². The van der Waals surface area contributed by atoms with Crippen molar-refractivity contribution in [1.29, 1.82) is 0 Å². The van der Waals surface area contributed by atoms with Gasteiger partial charge in [-0.15, -0.1) is 10.2 Å². The molecule has 0 fully saturated rings. The van der Waals surface area contributed by atoms with Crippen molar-refractivity contribution < 1.29 is 4.79 Å². The highest BCUT2D eigenvalue weighted by atomic mass is 32.1. The van der Waals surface area contributed by atoms with E-state index in [0.717, 1.165) is 29.0 Å². The zero-order chi connectivity index (χ0) is 20.1. The molecule has 4 nitrogen and oxygen atoms in total. The summed E-state index contributed by atoms with van der Waals surface area (Å²) in [5, 5.41) is 12.6. The second kappa shape index (κ2) is 8.80. The molecule has 3 aromatic carbocycles. The van der Waals surface area contributed by atoms with Crippen LogP contribution in [-0.2, 0) is 12.8 Å². The number of amides is 1. The normalized spacial score (nSPS) is 10.7. The van der Waals surface area contributed by atoms with E-state index in [-0.39, 0.29) is 5.91 Å². The maximum absolute atomic E-state index is 12.9. The average Bonchev–Trinajstić information content (AvgIpc) is 3.22. The lowest BCUT2D eigenvalue weighted by Crippen LogP contribution is -2.14. The number of carbonyl (C=O) groups is 1. The minimum atomic E-state index is -0.153. The molecule has 0 spiro atoms. The Hall–Kier alpha value is -3.31. The van der Waals surface area contributed by atoms with Crippen LogP contribution in [0.2, 0.25) is 0 Å². The number of anilines is 1. The summed E-state index contributed by atoms with van der Waals surface area (Å²) in [4.78, 5) is 12.9. The quantitative estimate of drug-likeness (QED) is 0.462. The van der Waals surface area contributed by atoms with Crippen LogP contribution in [0.25, 0.3) is 10.6 Å². The van der Waals surface area contributed by atoms with Crippen LogP contribution in [0.5, 0.6) is 0 Å². The zero-order valence-corrected chi connectivity index (χ0v) is 16.9. The fraction of sp³-hybridized carbons (Fsp3) is 0.125. The Balaban J connectivity index is 1.47. The van der Waals surface area contributed by atoms with E-state index in [1.807, 2.05) is 73.7 Å². The van der Waals surface area contributed by atoms with Crippen molar-refractivity contribution in [1.82, 2.24) is 10.2 Å². The summed E-state index contributed by atoms with van der Waals surface area (Å²) in [6, 6.07) is 26.1. The first-order chi connectivity index (χ1) is 14.2. The lowest BCUT2D eigenvalue weighted by molar-refractivity contribution is 0.102. The molecule has 0 aliphatic rings. The van der Waals surface area contributed by atoms with Crippen LogP contribution in [0.4, 0.5) is 5.13 Å². The molecule has 29 heavy (non-hydrogen) atoms. The van der Waals surface area contributed by atoms with Crippen molar-refractivity contribution >= 4 is 22.4 Å². The molecule has 0 radical (unpaired) electrons. The SMILES string of the molecule is Cc1ccc(-c2nnc(NC(=O)c3ccccc3CCc3ccccc3)s2)cc1. The number of rotatable bonds is 6. The van der Waals surface area contributed by atoms with E-state index < -0.39 is 0 Å². The molecule has 0 aliphatic carbocycles. The van der Waals surface area contributed by atoms with E-state index in [2.05, 4.69) is 27.6 Å². The Bertz CT molecular complexity index is 1100. The molecule has 1 aromatic heterocycles. The van der Waals surface area contributed by atoms with Gasteiger partial charge in [0.15, 0.2) is 0 Å². The van der Waals surface area contributed by atoms with Crippen LogP contribution in [0.1, 0.15) is 27.0 Å². The molecule has 5 heteroatoms. The predicted octanol–water partition coefficient (Wildman–Crippen LogP) is 5.55. The lowest BCUT2D eigenvalue weighted by atomic mass is 9.99. The Kier molecular flexibility index (Phi) is 5.77. The van der Waals surface area contributed by atoms with Gasteiger partial charge in [-0.2, -0.15) is 0 Å². The molecule has 0 aliphatic heterocycles. The Morgan fingerprint density at radius 3 is 2.38 bits per heavy atom. The third-order valence-corrected chi connectivity index (χ3v) is 5.62. The summed E-state index contributed by atoms with van der Waals surface area (Å²) >= 11 is 1.38. The first-order valence-corrected chi connectivity index (χ1v) is 10.3. The number of carbonyl (C=O) groups excluding carboxylic acids is 1. The van der Waals surface area contributed by atoms with Crippen molar-refractivity contribution in [3.05, 3.63) is 101 Å². The van der Waals surface area contributed by atoms with Gasteiger partial charge in [0, 0.05) is 11.1 Å². The maximum Gasteiger partial charge on any atom is 0.257 e. The standard InChI is InChI=1S/C24H21N3OS/c1-17-11-14-20(15-12-17)23-26-27-24(29-23)25-22(28)21-10-6-5-9-19(21)16-13-18-7-3-2-4-8-18/h2-12,14-15H,13,16H2,1H3,(H,25,27,28). The molecule has 0 saturated heterocycles. The fourth-order valence-corrected chi connectivity index (χ4v) is 3.88. The third kappa shape index (κ3) is 4.76. The summed E-state index contributed by atoms with van der Waals surface area (Å²) in [7, 11) is 0. The van der Waals surface area contributed by atoms with Gasteiger partial charge in [0.05, 0.1) is 0 Å². The molecule has 144 valence electrons. The number of nitrogens with zero attached hydrogens (tertiary/aromatic N) is 2. The van der Waals surface area contributed by atoms with E-state index >= 15 is 0 Å². The van der Waals surface area contributed by atoms with Gasteiger partial charge in [-0.05, 0) is 37.0 Å². The first kappa shape index (κ1) is 19.0. The van der Waals surface area contributed by atoms with Crippen molar-refractivity contribution in [2.75, 3.05) is 5.32 Å². The van der Waals surface area contributed by atoms with Crippen LogP contribution in [-0.4, -0.2) is 16.1 Å². The predicted molar refractivity (Wildman–Crippen MR) is 118 cm³/mol. The highest BCUT2D eigenvalue weighted by Gasteiger charge is 2.14. The number of aromatic nitrogens is 2. The second-order valence-corrected chi connectivity index (χ2v) is 7.85. The summed E-state index contributed by atoms with van der Waals surface area (Å²) < 4.78 is 0. The Morgan fingerprint density at radius 2 is 1.59 bits per heavy atom. The molecule has 4 rings (SSSR count). The Labute approximate surface area is 174 Å². The first-order valence-electron chi connectivity index (χ1n) is 9.53. The zero-order valence-electron chi connectivity index (χ0n) is 16.1. The fourth-order valence-electron chi connectivity index (χ4n) is 3.13. The lowest BCUT2D eigenvalue weighted by Gasteiger charge is -2.09. The Morgan fingerprint density at radius 1 is 0.862 bits per heavy atom. The summed E-state index contributed by atoms with van der Waals surface area (Å²) in [5.74, 6) is -0.153. The van der Waals surface area contributed by atoms with Gasteiger partial charge >= 0.3 is 0 Å². The van der Waals surface area contributed by atoms with Gasteiger partial charge in [-0.1, -0.05) is 89.7 Å². The van der Waals surface area contributed by atoms with Gasteiger partial charge in [0.25, 0.3) is 5.91 Å². The van der Waals surface area contributed by atoms with Crippen molar-refractivity contribution in [2.45, 2.75) is 19.8 Å². The van der Waals surface area contributed by atoms with Gasteiger partial charge in [-0.25, -0.2) is 0 Å². The number of hydrogen-bond donors (Lipinski definition) is 1. The molecule has 1 heterocycles. The number of nitrogens with one attached hydrogen (secondary N) is 1. The van der Waals surface area contributed by atoms with Crippen molar-refractivity contribution in [3.8, 4) is 10.6 Å². The summed E-state index contributed by atoms with van der Waals surface area (Å²) in [5.41, 5.74) is 5.15. The van der Waals surface area contributed by atoms with Crippen molar-refractivity contribution in [3.63, 3.8) is 0 Å². The number of benzene rings is 3. The van der Waals surface area contributed by atoms with Crippen LogP contribution in [0.3, 0.4) is 0 Å². The molecule has 1 N–H and O–H groups in total. The molecule has 0 saturated carbocycles. The average molecular weight is 400 g/mol. The molecular weight excluding hydrogens is 378 g/mol. The van der Waals surface area contributed by atoms with E-state index in [9.17, 15) is 4.79 Å². The highest BCUT2D eigenvalue weighted by molar-refractivity contribution is 7.18. The topological polar surface area (TPSA) is 54.9 Å². The molecule has 0 unspecified atom stereocenters. The van der Waals surface area contributed by atoms with E-state index in [1.165, 1.54) is 22.5 Å². The van der Waals surface area contributed by atoms with Crippen LogP contribution < -0.4 is 5.32 Å². The highest BCUT2D eigenvalue weighted by Crippen LogP contribution is 2.27. The smallest absolute Gasteiger partial charge is 0.257 e. The van der Waals surface area contributed by atoms with E-state index in [4.69, 9.17) is 0 Å². The largest absolute Gasteiger partial charge is 0.296 e. The van der Waals surface area contributed by atoms with Gasteiger partial charge in [-0.3, -0.25) is 10.1 Å². The number of hydrogen-bond acceptors (Lipinski definition) is 4. The van der Waals surface area contributed by atoms with Gasteiger partial charge in [0.2, 0.25) is 5.13 Å². The summed E-state index contributed by atoms with van der Waals surface area (Å²) in [6.07, 6.45) is 1.69. The van der Waals surface area contributed by atoms with Crippen molar-refractivity contribution in [2.24, 2.45) is 0 Å². The van der Waals surface area contributed by atoms with E-state index in [0.29, 0.717) is 10.7 Å². The van der Waals surface area contributed by atoms with Crippen LogP contribution in [0.15, 0.2) is 78.9 Å². The molecule has 1 amide bonds. The molecule has 4 aromatic rings. The van der Waals surface area contributed by atoms with Crippen LogP contribution in [0, 0.1) is 6.92 Å². The molecule has 0 atom stereocenters. The maximum atomic E-state index is 12.9. The van der Waals surface area contributed by atoms with Gasteiger partial charge < -0.3 is 0 Å². The third-order valence-electron chi connectivity index (χ3n) is 4.73. The second-order valence-electron chi connectivity index (χ2n) is 6.88. The molecule has 0 bridgehead atoms. The summed E-state index contributed by atoms with van der Waals surface area (Å²) in [6.45, 7) is 2.05. The molecular formula is C24H21N3OS.